The quantitative estimate of drug-likeness (QED) is 0.517. The van der Waals surface area contributed by atoms with E-state index in [9.17, 15) is 14.0 Å². The first-order chi connectivity index (χ1) is 16.9. The van der Waals surface area contributed by atoms with Gasteiger partial charge in [-0.15, -0.1) is 0 Å². The highest BCUT2D eigenvalue weighted by molar-refractivity contribution is 7.80. The maximum atomic E-state index is 13.3. The van der Waals surface area contributed by atoms with Gasteiger partial charge in [0.15, 0.2) is 5.11 Å². The van der Waals surface area contributed by atoms with E-state index in [1.807, 2.05) is 53.4 Å². The number of carbonyl (C=O) groups is 2. The van der Waals surface area contributed by atoms with Crippen molar-refractivity contribution in [3.05, 3.63) is 95.3 Å². The van der Waals surface area contributed by atoms with E-state index in [1.54, 1.807) is 0 Å². The number of carbonyl (C=O) groups excluding carboxylic acids is 2. The lowest BCUT2D eigenvalue weighted by Gasteiger charge is -2.36. The molecule has 3 aromatic rings. The van der Waals surface area contributed by atoms with Crippen molar-refractivity contribution in [2.45, 2.75) is 13.3 Å². The van der Waals surface area contributed by atoms with Gasteiger partial charge in [0, 0.05) is 48.7 Å². The van der Waals surface area contributed by atoms with E-state index in [-0.39, 0.29) is 16.6 Å². The minimum absolute atomic E-state index is 0.0700. The number of hydrogen-bond donors (Lipinski definition) is 2. The van der Waals surface area contributed by atoms with E-state index < -0.39 is 11.7 Å². The minimum atomic E-state index is -0.483. The summed E-state index contributed by atoms with van der Waals surface area (Å²) >= 11 is 5.21. The maximum Gasteiger partial charge on any atom is 0.257 e. The number of benzene rings is 3. The van der Waals surface area contributed by atoms with Gasteiger partial charge in [-0.25, -0.2) is 4.39 Å². The molecule has 0 spiro atoms. The fraction of sp³-hybridized carbons (Fsp3) is 0.222. The smallest absolute Gasteiger partial charge is 0.257 e. The second kappa shape index (κ2) is 11.1. The molecular weight excluding hydrogens is 463 g/mol. The fourth-order valence-corrected chi connectivity index (χ4v) is 4.17. The number of nitrogens with zero attached hydrogens (tertiary/aromatic N) is 2. The van der Waals surface area contributed by atoms with Crippen LogP contribution in [0.5, 0.6) is 0 Å². The number of hydrogen-bond acceptors (Lipinski definition) is 4. The van der Waals surface area contributed by atoms with Crippen molar-refractivity contribution in [1.82, 2.24) is 10.2 Å². The first kappa shape index (κ1) is 24.3. The van der Waals surface area contributed by atoms with Crippen LogP contribution in [0.25, 0.3) is 0 Å². The Morgan fingerprint density at radius 3 is 2.23 bits per heavy atom. The lowest BCUT2D eigenvalue weighted by atomic mass is 10.1. The van der Waals surface area contributed by atoms with Gasteiger partial charge in [0.1, 0.15) is 5.82 Å². The fourth-order valence-electron chi connectivity index (χ4n) is 3.96. The lowest BCUT2D eigenvalue weighted by molar-refractivity contribution is 0.0746. The molecule has 4 rings (SSSR count). The number of halogens is 1. The van der Waals surface area contributed by atoms with Crippen molar-refractivity contribution in [2.24, 2.45) is 0 Å². The summed E-state index contributed by atoms with van der Waals surface area (Å²) in [5, 5.41) is 5.65. The first-order valence-electron chi connectivity index (χ1n) is 11.5. The Hall–Kier alpha value is -3.78. The lowest BCUT2D eigenvalue weighted by Crippen LogP contribution is -2.48. The van der Waals surface area contributed by atoms with Gasteiger partial charge in [-0.3, -0.25) is 14.9 Å². The molecule has 0 aromatic heterocycles. The summed E-state index contributed by atoms with van der Waals surface area (Å²) in [4.78, 5) is 29.2. The molecular formula is C27H27FN4O2S. The van der Waals surface area contributed by atoms with Crippen molar-refractivity contribution >= 4 is 40.5 Å². The predicted molar refractivity (Wildman–Crippen MR) is 140 cm³/mol. The molecule has 3 aromatic carbocycles. The average molecular weight is 491 g/mol. The van der Waals surface area contributed by atoms with Gasteiger partial charge in [0.2, 0.25) is 0 Å². The predicted octanol–water partition coefficient (Wildman–Crippen LogP) is 4.48. The molecule has 2 N–H and O–H groups in total. The second-order valence-electron chi connectivity index (χ2n) is 8.30. The second-order valence-corrected chi connectivity index (χ2v) is 8.70. The molecule has 0 atom stereocenters. The highest BCUT2D eigenvalue weighted by Crippen LogP contribution is 2.20. The number of thiocarbonyl (C=S) groups is 1. The Balaban J connectivity index is 1.27. The highest BCUT2D eigenvalue weighted by atomic mass is 32.1. The van der Waals surface area contributed by atoms with Crippen LogP contribution in [0.2, 0.25) is 0 Å². The Labute approximate surface area is 209 Å². The average Bonchev–Trinajstić information content (AvgIpc) is 2.89. The third-order valence-electron chi connectivity index (χ3n) is 5.98. The Morgan fingerprint density at radius 2 is 1.60 bits per heavy atom. The number of rotatable bonds is 5. The molecule has 2 amide bonds. The third-order valence-corrected chi connectivity index (χ3v) is 6.18. The van der Waals surface area contributed by atoms with Crippen LogP contribution in [0.4, 0.5) is 15.8 Å². The van der Waals surface area contributed by atoms with Crippen LogP contribution in [-0.4, -0.2) is 48.0 Å². The molecule has 0 radical (unpaired) electrons. The number of anilines is 2. The van der Waals surface area contributed by atoms with Gasteiger partial charge in [-0.05, 0) is 78.8 Å². The van der Waals surface area contributed by atoms with Crippen LogP contribution < -0.4 is 15.5 Å². The van der Waals surface area contributed by atoms with Crippen LogP contribution >= 0.6 is 12.2 Å². The summed E-state index contributed by atoms with van der Waals surface area (Å²) in [7, 11) is 0. The van der Waals surface area contributed by atoms with Gasteiger partial charge >= 0.3 is 0 Å². The third kappa shape index (κ3) is 6.22. The van der Waals surface area contributed by atoms with E-state index in [4.69, 9.17) is 12.2 Å². The number of amides is 2. The van der Waals surface area contributed by atoms with E-state index >= 15 is 0 Å². The topological polar surface area (TPSA) is 64.7 Å². The largest absolute Gasteiger partial charge is 0.368 e. The highest BCUT2D eigenvalue weighted by Gasteiger charge is 2.22. The molecule has 180 valence electrons. The number of piperazine rings is 1. The van der Waals surface area contributed by atoms with Crippen molar-refractivity contribution in [1.29, 1.82) is 0 Å². The van der Waals surface area contributed by atoms with Crippen LogP contribution in [-0.2, 0) is 6.42 Å². The zero-order chi connectivity index (χ0) is 24.8. The van der Waals surface area contributed by atoms with Crippen LogP contribution in [0.1, 0.15) is 33.2 Å². The summed E-state index contributed by atoms with van der Waals surface area (Å²) in [6.45, 7) is 4.90. The zero-order valence-electron chi connectivity index (χ0n) is 19.5. The molecule has 0 unspecified atom stereocenters. The van der Waals surface area contributed by atoms with Gasteiger partial charge < -0.3 is 15.1 Å². The number of nitrogens with one attached hydrogen (secondary N) is 2. The molecule has 1 saturated heterocycles. The van der Waals surface area contributed by atoms with E-state index in [1.165, 1.54) is 23.8 Å². The van der Waals surface area contributed by atoms with Gasteiger partial charge in [0.25, 0.3) is 11.8 Å². The summed E-state index contributed by atoms with van der Waals surface area (Å²) in [5.74, 6) is -0.893. The minimum Gasteiger partial charge on any atom is -0.368 e. The molecule has 1 aliphatic heterocycles. The molecule has 1 heterocycles. The van der Waals surface area contributed by atoms with Gasteiger partial charge in [-0.1, -0.05) is 25.1 Å². The molecule has 8 heteroatoms. The molecule has 0 saturated carbocycles. The monoisotopic (exact) mass is 490 g/mol. The van der Waals surface area contributed by atoms with Gasteiger partial charge in [0.05, 0.1) is 0 Å². The Bertz CT molecular complexity index is 1210. The molecule has 0 bridgehead atoms. The number of aryl methyl sites for hydroxylation is 1. The zero-order valence-corrected chi connectivity index (χ0v) is 20.3. The summed E-state index contributed by atoms with van der Waals surface area (Å²) in [5.41, 5.74) is 3.91. The maximum absolute atomic E-state index is 13.3. The Kier molecular flexibility index (Phi) is 7.72. The molecule has 6 nitrogen and oxygen atoms in total. The first-order valence-corrected chi connectivity index (χ1v) is 11.9. The van der Waals surface area contributed by atoms with Crippen LogP contribution in [0.3, 0.4) is 0 Å². The summed E-state index contributed by atoms with van der Waals surface area (Å²) < 4.78 is 13.3. The molecule has 0 aliphatic carbocycles. The van der Waals surface area contributed by atoms with E-state index in [0.29, 0.717) is 13.1 Å². The Morgan fingerprint density at radius 1 is 0.914 bits per heavy atom. The van der Waals surface area contributed by atoms with Crippen molar-refractivity contribution in [3.8, 4) is 0 Å². The molecule has 35 heavy (non-hydrogen) atoms. The van der Waals surface area contributed by atoms with Crippen LogP contribution in [0, 0.1) is 5.82 Å². The normalized spacial score (nSPS) is 13.3. The van der Waals surface area contributed by atoms with Crippen LogP contribution in [0.15, 0.2) is 72.8 Å². The summed E-state index contributed by atoms with van der Waals surface area (Å²) in [6.07, 6.45) is 0.955. The summed E-state index contributed by atoms with van der Waals surface area (Å²) in [6, 6.07) is 21.0. The van der Waals surface area contributed by atoms with E-state index in [2.05, 4.69) is 22.5 Å². The molecule has 1 fully saturated rings. The van der Waals surface area contributed by atoms with Crippen molar-refractivity contribution < 1.29 is 14.0 Å². The van der Waals surface area contributed by atoms with Gasteiger partial charge in [-0.2, -0.15) is 0 Å². The van der Waals surface area contributed by atoms with Crippen molar-refractivity contribution in [2.75, 3.05) is 36.4 Å². The van der Waals surface area contributed by atoms with E-state index in [0.717, 1.165) is 42.5 Å². The standard InChI is InChI=1S/C27H27FN4O2S/c1-2-19-6-8-20(9-7-19)26(34)32-16-14-31(15-17-32)24-12-10-23(11-13-24)29-27(35)30-25(33)21-4-3-5-22(28)18-21/h3-13,18H,2,14-17H2,1H3,(H2,29,30,33,35). The molecule has 1 aliphatic rings. The van der Waals surface area contributed by atoms with Crippen molar-refractivity contribution in [3.63, 3.8) is 0 Å². The SMILES string of the molecule is CCc1ccc(C(=O)N2CCN(c3ccc(NC(=S)NC(=O)c4cccc(F)c4)cc3)CC2)cc1.